The molecule has 0 fully saturated rings. The molecule has 0 saturated carbocycles. The van der Waals surface area contributed by atoms with Crippen LogP contribution in [-0.4, -0.2) is 37.2 Å². The molecule has 248 valence electrons. The van der Waals surface area contributed by atoms with E-state index in [1.807, 2.05) is 0 Å². The lowest BCUT2D eigenvalue weighted by atomic mass is 10.1. The first-order valence-electron chi connectivity index (χ1n) is 18.0. The largest absolute Gasteiger partial charge is 0.462 e. The van der Waals surface area contributed by atoms with Crippen molar-refractivity contribution in [2.75, 3.05) is 13.2 Å². The first-order valence-corrected chi connectivity index (χ1v) is 18.0. The van der Waals surface area contributed by atoms with Gasteiger partial charge in [0.1, 0.15) is 13.2 Å². The predicted octanol–water partition coefficient (Wildman–Crippen LogP) is 10.6. The minimum atomic E-state index is -0.753. The lowest BCUT2D eigenvalue weighted by Crippen LogP contribution is -2.30. The summed E-state index contributed by atoms with van der Waals surface area (Å²) in [5.74, 6) is -0.885. The average molecular weight is 597 g/mol. The summed E-state index contributed by atoms with van der Waals surface area (Å²) < 4.78 is 16.4. The Bertz CT molecular complexity index is 620. The predicted molar refractivity (Wildman–Crippen MR) is 173 cm³/mol. The van der Waals surface area contributed by atoms with Gasteiger partial charge in [-0.05, 0) is 19.3 Å². The van der Waals surface area contributed by atoms with Crippen molar-refractivity contribution in [3.8, 4) is 0 Å². The highest BCUT2D eigenvalue weighted by Gasteiger charge is 2.19. The van der Waals surface area contributed by atoms with Crippen molar-refractivity contribution in [3.05, 3.63) is 0 Å². The van der Waals surface area contributed by atoms with Crippen LogP contribution in [0.25, 0.3) is 0 Å². The number of hydrogen-bond acceptors (Lipinski definition) is 6. The van der Waals surface area contributed by atoms with Crippen molar-refractivity contribution < 1.29 is 28.6 Å². The van der Waals surface area contributed by atoms with Gasteiger partial charge in [0.25, 0.3) is 0 Å². The summed E-state index contributed by atoms with van der Waals surface area (Å²) in [5.41, 5.74) is 0. The zero-order valence-corrected chi connectivity index (χ0v) is 28.0. The summed E-state index contributed by atoms with van der Waals surface area (Å²) in [4.78, 5) is 37.0. The van der Waals surface area contributed by atoms with Crippen molar-refractivity contribution in [1.29, 1.82) is 0 Å². The van der Waals surface area contributed by atoms with Crippen LogP contribution in [0.4, 0.5) is 0 Å². The third kappa shape index (κ3) is 29.9. The van der Waals surface area contributed by atoms with Crippen LogP contribution in [0.5, 0.6) is 0 Å². The zero-order valence-electron chi connectivity index (χ0n) is 28.0. The van der Waals surface area contributed by atoms with E-state index in [0.29, 0.717) is 19.3 Å². The first-order chi connectivity index (χ1) is 20.5. The fourth-order valence-electron chi connectivity index (χ4n) is 5.09. The molecule has 0 aromatic carbocycles. The van der Waals surface area contributed by atoms with Gasteiger partial charge in [0.05, 0.1) is 0 Å². The molecular weight excluding hydrogens is 528 g/mol. The summed E-state index contributed by atoms with van der Waals surface area (Å²) in [6, 6.07) is 0. The SMILES string of the molecule is CCCCCCCCCCCCC(=O)OC[C@H](COC(=O)CCCCCCCCCCC)OC(=O)CCCCCCC. The van der Waals surface area contributed by atoms with Gasteiger partial charge in [-0.1, -0.05) is 156 Å². The molecule has 0 N–H and O–H groups in total. The Balaban J connectivity index is 4.26. The van der Waals surface area contributed by atoms with Crippen molar-refractivity contribution in [2.45, 2.75) is 200 Å². The molecule has 0 unspecified atom stereocenters. The molecule has 0 aliphatic carbocycles. The van der Waals surface area contributed by atoms with E-state index in [2.05, 4.69) is 20.8 Å². The summed E-state index contributed by atoms with van der Waals surface area (Å²) in [6.07, 6.45) is 28.3. The van der Waals surface area contributed by atoms with Crippen molar-refractivity contribution >= 4 is 17.9 Å². The van der Waals surface area contributed by atoms with Crippen LogP contribution >= 0.6 is 0 Å². The summed E-state index contributed by atoms with van der Waals surface area (Å²) in [6.45, 7) is 6.50. The summed E-state index contributed by atoms with van der Waals surface area (Å²) >= 11 is 0. The molecule has 0 rings (SSSR count). The maximum Gasteiger partial charge on any atom is 0.306 e. The zero-order chi connectivity index (χ0) is 30.9. The fraction of sp³-hybridized carbons (Fsp3) is 0.917. The van der Waals surface area contributed by atoms with Crippen LogP contribution in [0.15, 0.2) is 0 Å². The number of hydrogen-bond donors (Lipinski definition) is 0. The van der Waals surface area contributed by atoms with E-state index in [9.17, 15) is 14.4 Å². The van der Waals surface area contributed by atoms with Crippen LogP contribution in [0.3, 0.4) is 0 Å². The fourth-order valence-corrected chi connectivity index (χ4v) is 5.09. The average Bonchev–Trinajstić information content (AvgIpc) is 2.98. The molecule has 0 saturated heterocycles. The van der Waals surface area contributed by atoms with Gasteiger partial charge in [-0.3, -0.25) is 14.4 Å². The number of ether oxygens (including phenoxy) is 3. The number of carbonyl (C=O) groups excluding carboxylic acids is 3. The number of esters is 3. The van der Waals surface area contributed by atoms with Crippen LogP contribution in [-0.2, 0) is 28.6 Å². The second kappa shape index (κ2) is 32.3. The van der Waals surface area contributed by atoms with Gasteiger partial charge in [0, 0.05) is 19.3 Å². The Morgan fingerprint density at radius 1 is 0.381 bits per heavy atom. The third-order valence-electron chi connectivity index (χ3n) is 7.86. The Morgan fingerprint density at radius 2 is 0.643 bits per heavy atom. The minimum absolute atomic E-state index is 0.0660. The summed E-state index contributed by atoms with van der Waals surface area (Å²) in [5, 5.41) is 0. The normalized spacial score (nSPS) is 11.8. The number of rotatable bonds is 32. The van der Waals surface area contributed by atoms with Gasteiger partial charge < -0.3 is 14.2 Å². The molecule has 1 atom stereocenters. The number of unbranched alkanes of at least 4 members (excludes halogenated alkanes) is 21. The van der Waals surface area contributed by atoms with E-state index in [4.69, 9.17) is 14.2 Å². The Kier molecular flexibility index (Phi) is 31.1. The van der Waals surface area contributed by atoms with Crippen LogP contribution in [0.1, 0.15) is 194 Å². The van der Waals surface area contributed by atoms with Gasteiger partial charge in [-0.2, -0.15) is 0 Å². The van der Waals surface area contributed by atoms with Crippen molar-refractivity contribution in [2.24, 2.45) is 0 Å². The highest BCUT2D eigenvalue weighted by molar-refractivity contribution is 5.71. The van der Waals surface area contributed by atoms with E-state index in [0.717, 1.165) is 64.2 Å². The second-order valence-corrected chi connectivity index (χ2v) is 12.2. The Hall–Kier alpha value is -1.59. The van der Waals surface area contributed by atoms with Crippen LogP contribution < -0.4 is 0 Å². The molecule has 0 heterocycles. The molecule has 0 amide bonds. The molecule has 0 aromatic heterocycles. The molecule has 0 radical (unpaired) electrons. The van der Waals surface area contributed by atoms with Gasteiger partial charge >= 0.3 is 17.9 Å². The third-order valence-corrected chi connectivity index (χ3v) is 7.86. The van der Waals surface area contributed by atoms with Gasteiger partial charge in [-0.15, -0.1) is 0 Å². The Labute approximate surface area is 259 Å². The quantitative estimate of drug-likeness (QED) is 0.0436. The molecule has 42 heavy (non-hydrogen) atoms. The summed E-state index contributed by atoms with van der Waals surface area (Å²) in [7, 11) is 0. The van der Waals surface area contributed by atoms with Crippen LogP contribution in [0, 0.1) is 0 Å². The van der Waals surface area contributed by atoms with E-state index < -0.39 is 6.10 Å². The standard InChI is InChI=1S/C36H68O6/c1-4-7-10-13-15-17-19-21-24-26-29-35(38)41-32-33(42-36(39)30-27-22-12-9-6-3)31-40-34(37)28-25-23-20-18-16-14-11-8-5-2/h33H,4-32H2,1-3H3/t33-/m0/s1. The second-order valence-electron chi connectivity index (χ2n) is 12.2. The number of carbonyl (C=O) groups is 3. The molecule has 0 aliphatic heterocycles. The molecule has 0 aliphatic rings. The Morgan fingerprint density at radius 3 is 0.952 bits per heavy atom. The maximum absolute atomic E-state index is 12.4. The molecule has 0 spiro atoms. The smallest absolute Gasteiger partial charge is 0.306 e. The van der Waals surface area contributed by atoms with Crippen LogP contribution in [0.2, 0.25) is 0 Å². The lowest BCUT2D eigenvalue weighted by molar-refractivity contribution is -0.167. The van der Waals surface area contributed by atoms with E-state index in [-0.39, 0.29) is 31.1 Å². The molecule has 6 nitrogen and oxygen atoms in total. The van der Waals surface area contributed by atoms with Gasteiger partial charge in [0.2, 0.25) is 0 Å². The highest BCUT2D eigenvalue weighted by Crippen LogP contribution is 2.13. The molecular formula is C36H68O6. The molecule has 0 aromatic rings. The monoisotopic (exact) mass is 597 g/mol. The van der Waals surface area contributed by atoms with Crippen molar-refractivity contribution in [3.63, 3.8) is 0 Å². The first kappa shape index (κ1) is 40.4. The van der Waals surface area contributed by atoms with E-state index in [1.165, 1.54) is 89.9 Å². The van der Waals surface area contributed by atoms with Crippen molar-refractivity contribution in [1.82, 2.24) is 0 Å². The maximum atomic E-state index is 12.4. The lowest BCUT2D eigenvalue weighted by Gasteiger charge is -2.18. The van der Waals surface area contributed by atoms with E-state index in [1.54, 1.807) is 0 Å². The molecule has 0 bridgehead atoms. The van der Waals surface area contributed by atoms with Gasteiger partial charge in [0.15, 0.2) is 6.10 Å². The van der Waals surface area contributed by atoms with Gasteiger partial charge in [-0.25, -0.2) is 0 Å². The highest BCUT2D eigenvalue weighted by atomic mass is 16.6. The topological polar surface area (TPSA) is 78.9 Å². The molecule has 6 heteroatoms. The minimum Gasteiger partial charge on any atom is -0.462 e. The van der Waals surface area contributed by atoms with E-state index >= 15 is 0 Å².